The Labute approximate surface area is 210 Å². The summed E-state index contributed by atoms with van der Waals surface area (Å²) in [6, 6.07) is 11.7. The first-order valence-electron chi connectivity index (χ1n) is 12.3. The van der Waals surface area contributed by atoms with Crippen LogP contribution in [0.1, 0.15) is 49.0 Å². The molecule has 36 heavy (non-hydrogen) atoms. The molecule has 0 unspecified atom stereocenters. The molecule has 0 saturated heterocycles. The van der Waals surface area contributed by atoms with Gasteiger partial charge < -0.3 is 14.6 Å². The summed E-state index contributed by atoms with van der Waals surface area (Å²) in [5.41, 5.74) is 5.70. The molecule has 2 aliphatic rings. The van der Waals surface area contributed by atoms with E-state index in [2.05, 4.69) is 17.1 Å². The van der Waals surface area contributed by atoms with Crippen LogP contribution in [0.2, 0.25) is 0 Å². The lowest BCUT2D eigenvalue weighted by atomic mass is 9.87. The molecule has 192 valence electrons. The van der Waals surface area contributed by atoms with Crippen molar-refractivity contribution < 1.29 is 28.2 Å². The van der Waals surface area contributed by atoms with Gasteiger partial charge in [-0.25, -0.2) is 13.6 Å². The number of halogens is 2. The van der Waals surface area contributed by atoms with Crippen molar-refractivity contribution in [3.63, 3.8) is 0 Å². The number of fused-ring (bicyclic) bond motifs is 2. The highest BCUT2D eigenvalue weighted by Gasteiger charge is 2.40. The summed E-state index contributed by atoms with van der Waals surface area (Å²) in [5.74, 6) is -0.345. The number of ether oxygens (including phenoxy) is 2. The molecule has 1 aromatic heterocycles. The highest BCUT2D eigenvalue weighted by atomic mass is 19.3. The van der Waals surface area contributed by atoms with Gasteiger partial charge in [-0.1, -0.05) is 36.4 Å². The van der Waals surface area contributed by atoms with Gasteiger partial charge in [-0.15, -0.1) is 0 Å². The molecule has 1 N–H and O–H groups in total. The number of carboxylic acids is 1. The number of hydrogen-bond acceptors (Lipinski definition) is 5. The quantitative estimate of drug-likeness (QED) is 0.316. The van der Waals surface area contributed by atoms with Gasteiger partial charge in [0.05, 0.1) is 37.7 Å². The lowest BCUT2D eigenvalue weighted by molar-refractivity contribution is -0.142. The standard InChI is InChI=1S/C28H32F2N2O4/c1-19-14-23-22-9-5-4-8-20(22)15-24(23)28(32(19)17-26(29)30)25-11-10-21(16-31-25)36-13-7-3-2-6-12-35-18-27(33)34/h2-5,8-11,16,19,26,28H,6-7,12-15,17-18H2,1H3,(H,33,34)/b3-2+/t19-,28+/m1/s1. The van der Waals surface area contributed by atoms with Crippen molar-refractivity contribution in [3.8, 4) is 5.75 Å². The molecular weight excluding hydrogens is 466 g/mol. The molecule has 0 fully saturated rings. The van der Waals surface area contributed by atoms with Crippen molar-refractivity contribution in [3.05, 3.63) is 77.1 Å². The van der Waals surface area contributed by atoms with Crippen LogP contribution in [-0.4, -0.2) is 59.8 Å². The molecule has 0 saturated carbocycles. The largest absolute Gasteiger partial charge is 0.492 e. The van der Waals surface area contributed by atoms with E-state index in [4.69, 9.17) is 14.6 Å². The molecule has 2 aromatic rings. The number of benzene rings is 1. The number of alkyl halides is 2. The normalized spacial score (nSPS) is 19.7. The maximum Gasteiger partial charge on any atom is 0.329 e. The number of aliphatic carboxylic acids is 1. The second-order valence-corrected chi connectivity index (χ2v) is 9.14. The highest BCUT2D eigenvalue weighted by molar-refractivity contribution is 5.78. The molecule has 8 heteroatoms. The van der Waals surface area contributed by atoms with E-state index in [1.165, 1.54) is 22.3 Å². The Morgan fingerprint density at radius 1 is 1.19 bits per heavy atom. The molecule has 0 bridgehead atoms. The summed E-state index contributed by atoms with van der Waals surface area (Å²) in [5, 5.41) is 8.52. The number of hydrogen-bond donors (Lipinski definition) is 1. The minimum Gasteiger partial charge on any atom is -0.492 e. The van der Waals surface area contributed by atoms with E-state index in [0.29, 0.717) is 31.8 Å². The number of carbonyl (C=O) groups is 1. The van der Waals surface area contributed by atoms with Gasteiger partial charge in [-0.05, 0) is 67.0 Å². The molecule has 1 aliphatic heterocycles. The molecule has 1 aliphatic carbocycles. The number of rotatable bonds is 12. The van der Waals surface area contributed by atoms with E-state index in [9.17, 15) is 13.6 Å². The summed E-state index contributed by atoms with van der Waals surface area (Å²) in [7, 11) is 0. The first-order valence-corrected chi connectivity index (χ1v) is 12.3. The van der Waals surface area contributed by atoms with Crippen molar-refractivity contribution in [2.45, 2.75) is 51.1 Å². The van der Waals surface area contributed by atoms with Crippen molar-refractivity contribution in [1.82, 2.24) is 9.88 Å². The van der Waals surface area contributed by atoms with Crippen LogP contribution in [0.5, 0.6) is 5.75 Å². The summed E-state index contributed by atoms with van der Waals surface area (Å²) >= 11 is 0. The monoisotopic (exact) mass is 498 g/mol. The maximum atomic E-state index is 13.5. The van der Waals surface area contributed by atoms with Gasteiger partial charge in [-0.3, -0.25) is 9.88 Å². The van der Waals surface area contributed by atoms with Crippen LogP contribution in [0.15, 0.2) is 60.3 Å². The fourth-order valence-electron chi connectivity index (χ4n) is 5.05. The number of nitrogens with zero attached hydrogens (tertiary/aromatic N) is 2. The van der Waals surface area contributed by atoms with E-state index in [1.807, 2.05) is 48.2 Å². The lowest BCUT2D eigenvalue weighted by Crippen LogP contribution is -2.43. The first kappa shape index (κ1) is 26.0. The average molecular weight is 499 g/mol. The fraction of sp³-hybridized carbons (Fsp3) is 0.429. The SMILES string of the molecule is C[C@@H]1CC2=C(Cc3ccccc32)[C@@H](c2ccc(OCC/C=C/CCOCC(=O)O)cn2)N1CC(F)F. The average Bonchev–Trinajstić information content (AvgIpc) is 3.21. The van der Waals surface area contributed by atoms with Gasteiger partial charge in [0.1, 0.15) is 12.4 Å². The van der Waals surface area contributed by atoms with Crippen LogP contribution in [0.25, 0.3) is 5.57 Å². The maximum absolute atomic E-state index is 13.5. The second-order valence-electron chi connectivity index (χ2n) is 9.14. The fourth-order valence-corrected chi connectivity index (χ4v) is 5.05. The minimum absolute atomic E-state index is 0.0204. The van der Waals surface area contributed by atoms with Gasteiger partial charge in [0, 0.05) is 6.04 Å². The van der Waals surface area contributed by atoms with E-state index >= 15 is 0 Å². The molecule has 1 aromatic carbocycles. The summed E-state index contributed by atoms with van der Waals surface area (Å²) in [4.78, 5) is 16.9. The van der Waals surface area contributed by atoms with Crippen LogP contribution in [0.3, 0.4) is 0 Å². The zero-order valence-corrected chi connectivity index (χ0v) is 20.4. The Morgan fingerprint density at radius 3 is 2.69 bits per heavy atom. The summed E-state index contributed by atoms with van der Waals surface area (Å²) in [6.45, 7) is 2.28. The van der Waals surface area contributed by atoms with Crippen LogP contribution in [0.4, 0.5) is 8.78 Å². The summed E-state index contributed by atoms with van der Waals surface area (Å²) < 4.78 is 37.8. The Bertz CT molecular complexity index is 1100. The molecule has 0 radical (unpaired) electrons. The third-order valence-electron chi connectivity index (χ3n) is 6.60. The molecule has 4 rings (SSSR count). The van der Waals surface area contributed by atoms with Crippen molar-refractivity contribution in [2.24, 2.45) is 0 Å². The Hall–Kier alpha value is -3.10. The van der Waals surface area contributed by atoms with Crippen molar-refractivity contribution in [2.75, 3.05) is 26.4 Å². The van der Waals surface area contributed by atoms with Crippen LogP contribution >= 0.6 is 0 Å². The van der Waals surface area contributed by atoms with E-state index in [0.717, 1.165) is 18.5 Å². The predicted octanol–water partition coefficient (Wildman–Crippen LogP) is 5.31. The van der Waals surface area contributed by atoms with E-state index < -0.39 is 12.4 Å². The minimum atomic E-state index is -2.42. The van der Waals surface area contributed by atoms with Gasteiger partial charge >= 0.3 is 5.97 Å². The molecule has 2 heterocycles. The number of carboxylic acid groups (broad SMARTS) is 1. The van der Waals surface area contributed by atoms with Crippen LogP contribution < -0.4 is 4.74 Å². The third kappa shape index (κ3) is 6.36. The number of aromatic nitrogens is 1. The molecule has 2 atom stereocenters. The second kappa shape index (κ2) is 12.2. The lowest BCUT2D eigenvalue weighted by Gasteiger charge is -2.41. The number of pyridine rings is 1. The smallest absolute Gasteiger partial charge is 0.329 e. The molecule has 0 spiro atoms. The van der Waals surface area contributed by atoms with Gasteiger partial charge in [0.25, 0.3) is 6.43 Å². The highest BCUT2D eigenvalue weighted by Crippen LogP contribution is 2.48. The Balaban J connectivity index is 1.39. The predicted molar refractivity (Wildman–Crippen MR) is 133 cm³/mol. The zero-order valence-electron chi connectivity index (χ0n) is 20.4. The molecule has 6 nitrogen and oxygen atoms in total. The van der Waals surface area contributed by atoms with Crippen molar-refractivity contribution >= 4 is 11.5 Å². The molecule has 0 amide bonds. The molecular formula is C28H32F2N2O4. The Morgan fingerprint density at radius 2 is 1.97 bits per heavy atom. The van der Waals surface area contributed by atoms with E-state index in [-0.39, 0.29) is 25.2 Å². The summed E-state index contributed by atoms with van der Waals surface area (Å²) in [6.07, 6.45) is 5.99. The van der Waals surface area contributed by atoms with Gasteiger partial charge in [-0.2, -0.15) is 0 Å². The van der Waals surface area contributed by atoms with Gasteiger partial charge in [0.15, 0.2) is 0 Å². The first-order chi connectivity index (χ1) is 17.4. The van der Waals surface area contributed by atoms with Crippen LogP contribution in [0, 0.1) is 0 Å². The third-order valence-corrected chi connectivity index (χ3v) is 6.60. The van der Waals surface area contributed by atoms with E-state index in [1.54, 1.807) is 6.20 Å². The van der Waals surface area contributed by atoms with Crippen LogP contribution in [-0.2, 0) is 16.0 Å². The Kier molecular flexibility index (Phi) is 8.83. The van der Waals surface area contributed by atoms with Crippen molar-refractivity contribution in [1.29, 1.82) is 0 Å². The van der Waals surface area contributed by atoms with Gasteiger partial charge in [0.2, 0.25) is 0 Å². The zero-order chi connectivity index (χ0) is 25.5. The topological polar surface area (TPSA) is 71.9 Å².